The molecule has 0 rings (SSSR count). The van der Waals surface area contributed by atoms with Gasteiger partial charge < -0.3 is 10.4 Å². The molecule has 0 aliphatic carbocycles. The van der Waals surface area contributed by atoms with Crippen LogP contribution >= 0.6 is 0 Å². The molecule has 0 aromatic rings. The van der Waals surface area contributed by atoms with Crippen molar-refractivity contribution in [2.45, 2.75) is 51.9 Å². The Labute approximate surface area is 117 Å². The molecule has 0 saturated heterocycles. The Bertz CT molecular complexity index is 306. The van der Waals surface area contributed by atoms with E-state index in [-0.39, 0.29) is 5.91 Å². The largest absolute Gasteiger partial charge is 0.516 e. The summed E-state index contributed by atoms with van der Waals surface area (Å²) in [5.74, 6) is 0.0798. The van der Waals surface area contributed by atoms with Crippen LogP contribution < -0.4 is 5.32 Å². The minimum atomic E-state index is 0.0798. The lowest BCUT2D eigenvalue weighted by Gasteiger charge is -2.05. The lowest BCUT2D eigenvalue weighted by molar-refractivity contribution is -0.121. The van der Waals surface area contributed by atoms with E-state index in [9.17, 15) is 4.79 Å². The Balaban J connectivity index is 3.66. The molecule has 19 heavy (non-hydrogen) atoms. The normalized spacial score (nSPS) is 11.7. The van der Waals surface area contributed by atoms with Crippen LogP contribution in [0, 0.1) is 0 Å². The summed E-state index contributed by atoms with van der Waals surface area (Å²) in [5, 5.41) is 11.4. The molecule has 2 N–H and O–H groups in total. The van der Waals surface area contributed by atoms with Crippen LogP contribution in [0.2, 0.25) is 0 Å². The van der Waals surface area contributed by atoms with Gasteiger partial charge in [0.05, 0.1) is 6.26 Å². The van der Waals surface area contributed by atoms with E-state index >= 15 is 0 Å². The molecule has 0 aliphatic heterocycles. The van der Waals surface area contributed by atoms with Gasteiger partial charge >= 0.3 is 0 Å². The molecule has 0 fully saturated rings. The molecule has 3 nitrogen and oxygen atoms in total. The van der Waals surface area contributed by atoms with Gasteiger partial charge in [-0.25, -0.2) is 0 Å². The second-order valence-corrected chi connectivity index (χ2v) is 4.58. The number of unbranched alkanes of at least 4 members (excludes halogenated alkanes) is 5. The second kappa shape index (κ2) is 12.9. The minimum Gasteiger partial charge on any atom is -0.516 e. The van der Waals surface area contributed by atoms with E-state index in [0.717, 1.165) is 24.7 Å². The van der Waals surface area contributed by atoms with Crippen molar-refractivity contribution < 1.29 is 9.90 Å². The summed E-state index contributed by atoms with van der Waals surface area (Å²) >= 11 is 0. The van der Waals surface area contributed by atoms with Crippen LogP contribution in [-0.2, 0) is 4.79 Å². The summed E-state index contributed by atoms with van der Waals surface area (Å²) in [4.78, 5) is 11.6. The number of hydrogen-bond acceptors (Lipinski definition) is 2. The van der Waals surface area contributed by atoms with E-state index in [0.29, 0.717) is 13.0 Å². The van der Waals surface area contributed by atoms with Crippen molar-refractivity contribution in [3.63, 3.8) is 0 Å². The predicted molar refractivity (Wildman–Crippen MR) is 81.1 cm³/mol. The maximum atomic E-state index is 11.6. The first-order valence-electron chi connectivity index (χ1n) is 7.13. The predicted octanol–water partition coefficient (Wildman–Crippen LogP) is 4.04. The summed E-state index contributed by atoms with van der Waals surface area (Å²) in [6.45, 7) is 6.32. The average molecular weight is 265 g/mol. The zero-order valence-corrected chi connectivity index (χ0v) is 12.0. The highest BCUT2D eigenvalue weighted by Gasteiger charge is 2.01. The van der Waals surface area contributed by atoms with Gasteiger partial charge in [-0.3, -0.25) is 4.79 Å². The van der Waals surface area contributed by atoms with Crippen molar-refractivity contribution in [2.75, 3.05) is 6.54 Å². The Kier molecular flexibility index (Phi) is 11.9. The fourth-order valence-electron chi connectivity index (χ4n) is 1.72. The number of nitrogens with one attached hydrogen (secondary N) is 1. The zero-order chi connectivity index (χ0) is 14.3. The highest BCUT2D eigenvalue weighted by atomic mass is 16.2. The molecule has 0 radical (unpaired) electrons. The number of hydrogen-bond donors (Lipinski definition) is 2. The van der Waals surface area contributed by atoms with E-state index in [1.165, 1.54) is 31.8 Å². The average Bonchev–Trinajstić information content (AvgIpc) is 2.43. The molecular formula is C16H27NO2. The maximum Gasteiger partial charge on any atom is 0.220 e. The highest BCUT2D eigenvalue weighted by molar-refractivity contribution is 5.76. The zero-order valence-electron chi connectivity index (χ0n) is 12.0. The summed E-state index contributed by atoms with van der Waals surface area (Å²) in [6.07, 6.45) is 13.6. The first-order chi connectivity index (χ1) is 9.24. The third-order valence-electron chi connectivity index (χ3n) is 2.91. The van der Waals surface area contributed by atoms with Gasteiger partial charge in [-0.1, -0.05) is 57.8 Å². The Morgan fingerprint density at radius 2 is 1.89 bits per heavy atom. The standard InChI is InChI=1S/C16H27NO2/c1-3-5-6-7-8-9-12-16(19)17-14-15(4-2)11-10-13-18/h4,10-11,13,18H,2-3,5-9,12,14H2,1H3,(H,17,19)/b13-10+,15-11+. The summed E-state index contributed by atoms with van der Waals surface area (Å²) in [5.41, 5.74) is 0.876. The van der Waals surface area contributed by atoms with Crippen molar-refractivity contribution in [3.05, 3.63) is 36.6 Å². The molecule has 3 heteroatoms. The van der Waals surface area contributed by atoms with Gasteiger partial charge in [-0.05, 0) is 18.1 Å². The summed E-state index contributed by atoms with van der Waals surface area (Å²) in [7, 11) is 0. The van der Waals surface area contributed by atoms with Crippen LogP contribution in [0.3, 0.4) is 0 Å². The maximum absolute atomic E-state index is 11.6. The third-order valence-corrected chi connectivity index (χ3v) is 2.91. The monoisotopic (exact) mass is 265 g/mol. The highest BCUT2D eigenvalue weighted by Crippen LogP contribution is 2.06. The van der Waals surface area contributed by atoms with Gasteiger partial charge in [0, 0.05) is 13.0 Å². The molecule has 0 unspecified atom stereocenters. The van der Waals surface area contributed by atoms with E-state index in [4.69, 9.17) is 5.11 Å². The fraction of sp³-hybridized carbons (Fsp3) is 0.562. The first kappa shape index (κ1) is 17.5. The Morgan fingerprint density at radius 3 is 2.53 bits per heavy atom. The number of allylic oxidation sites excluding steroid dienone is 2. The minimum absolute atomic E-state index is 0.0798. The van der Waals surface area contributed by atoms with Crippen LogP contribution in [0.4, 0.5) is 0 Å². The van der Waals surface area contributed by atoms with Crippen molar-refractivity contribution in [1.82, 2.24) is 5.32 Å². The van der Waals surface area contributed by atoms with Crippen LogP contribution in [0.25, 0.3) is 0 Å². The van der Waals surface area contributed by atoms with Crippen molar-refractivity contribution in [1.29, 1.82) is 0 Å². The molecule has 0 aliphatic rings. The molecule has 0 aromatic carbocycles. The van der Waals surface area contributed by atoms with Gasteiger partial charge in [0.1, 0.15) is 0 Å². The van der Waals surface area contributed by atoms with E-state index in [1.807, 2.05) is 0 Å². The smallest absolute Gasteiger partial charge is 0.220 e. The Morgan fingerprint density at radius 1 is 1.21 bits per heavy atom. The molecule has 0 atom stereocenters. The summed E-state index contributed by atoms with van der Waals surface area (Å²) in [6, 6.07) is 0. The molecule has 1 amide bonds. The van der Waals surface area contributed by atoms with Crippen LogP contribution in [-0.4, -0.2) is 17.6 Å². The first-order valence-corrected chi connectivity index (χ1v) is 7.13. The van der Waals surface area contributed by atoms with E-state index in [1.54, 1.807) is 12.2 Å². The quantitative estimate of drug-likeness (QED) is 0.336. The van der Waals surface area contributed by atoms with E-state index in [2.05, 4.69) is 18.8 Å². The van der Waals surface area contributed by atoms with Crippen molar-refractivity contribution in [2.24, 2.45) is 0 Å². The van der Waals surface area contributed by atoms with Crippen LogP contribution in [0.15, 0.2) is 36.6 Å². The van der Waals surface area contributed by atoms with Gasteiger partial charge in [-0.2, -0.15) is 0 Å². The lowest BCUT2D eigenvalue weighted by atomic mass is 10.1. The second-order valence-electron chi connectivity index (χ2n) is 4.58. The topological polar surface area (TPSA) is 49.3 Å². The number of carbonyl (C=O) groups is 1. The molecule has 0 saturated carbocycles. The molecule has 0 heterocycles. The van der Waals surface area contributed by atoms with E-state index < -0.39 is 0 Å². The Hall–Kier alpha value is -1.51. The number of aliphatic hydroxyl groups is 1. The number of aliphatic hydroxyl groups excluding tert-OH is 1. The summed E-state index contributed by atoms with van der Waals surface area (Å²) < 4.78 is 0. The SMILES string of the molecule is C=C/C(=C\C=C\O)CNC(=O)CCCCCCCC. The van der Waals surface area contributed by atoms with Crippen molar-refractivity contribution >= 4 is 5.91 Å². The van der Waals surface area contributed by atoms with Crippen molar-refractivity contribution in [3.8, 4) is 0 Å². The van der Waals surface area contributed by atoms with Gasteiger partial charge in [0.15, 0.2) is 0 Å². The number of amides is 1. The van der Waals surface area contributed by atoms with Gasteiger partial charge in [0.25, 0.3) is 0 Å². The fourth-order valence-corrected chi connectivity index (χ4v) is 1.72. The lowest BCUT2D eigenvalue weighted by Crippen LogP contribution is -2.24. The molecule has 108 valence electrons. The molecule has 0 spiro atoms. The number of carbonyl (C=O) groups excluding carboxylic acids is 1. The molecule has 0 bridgehead atoms. The van der Waals surface area contributed by atoms with Gasteiger partial charge in [-0.15, -0.1) is 0 Å². The third kappa shape index (κ3) is 11.3. The molecule has 0 aromatic heterocycles. The number of rotatable bonds is 11. The van der Waals surface area contributed by atoms with Crippen LogP contribution in [0.5, 0.6) is 0 Å². The van der Waals surface area contributed by atoms with Crippen LogP contribution in [0.1, 0.15) is 51.9 Å². The molecular weight excluding hydrogens is 238 g/mol. The van der Waals surface area contributed by atoms with Gasteiger partial charge in [0.2, 0.25) is 5.91 Å².